The van der Waals surface area contributed by atoms with Gasteiger partial charge in [0.05, 0.1) is 5.56 Å². The number of alkyl halides is 3. The molecule has 1 heterocycles. The molecule has 180 valence electrons. The number of H-pyrrole nitrogens is 1. The number of fused-ring (bicyclic) bond motifs is 1. The molecule has 0 fully saturated rings. The van der Waals surface area contributed by atoms with Gasteiger partial charge in [0.15, 0.2) is 0 Å². The van der Waals surface area contributed by atoms with Gasteiger partial charge in [-0.25, -0.2) is 5.48 Å². The third-order valence-electron chi connectivity index (χ3n) is 5.71. The molecule has 4 N–H and O–H groups in total. The first kappa shape index (κ1) is 24.3. The molecule has 0 aliphatic rings. The average molecular weight is 480 g/mol. The zero-order chi connectivity index (χ0) is 24.8. The van der Waals surface area contributed by atoms with Crippen molar-refractivity contribution < 1.29 is 23.2 Å². The highest BCUT2D eigenvalue weighted by Gasteiger charge is 2.30. The molecule has 0 radical (unpaired) electrons. The predicted molar refractivity (Wildman–Crippen MR) is 130 cm³/mol. The Morgan fingerprint density at radius 1 is 0.971 bits per heavy atom. The largest absolute Gasteiger partial charge is 0.416 e. The minimum Gasteiger partial charge on any atom is -0.354 e. The lowest BCUT2D eigenvalue weighted by atomic mass is 10.0. The zero-order valence-corrected chi connectivity index (χ0v) is 18.7. The van der Waals surface area contributed by atoms with Crippen LogP contribution in [-0.2, 0) is 23.9 Å². The number of hydroxylamine groups is 1. The second-order valence-corrected chi connectivity index (χ2v) is 8.08. The van der Waals surface area contributed by atoms with Gasteiger partial charge in [0.2, 0.25) is 0 Å². The number of halogens is 3. The quantitative estimate of drug-likeness (QED) is 0.113. The normalized spacial score (nSPS) is 11.9. The Hall–Kier alpha value is -3.88. The van der Waals surface area contributed by atoms with Crippen LogP contribution in [0.4, 0.5) is 13.2 Å². The van der Waals surface area contributed by atoms with Crippen LogP contribution in [-0.4, -0.2) is 22.6 Å². The minimum absolute atomic E-state index is 0.594. The van der Waals surface area contributed by atoms with E-state index in [9.17, 15) is 18.0 Å². The molecular formula is C27H24F3N3O2. The van der Waals surface area contributed by atoms with E-state index in [2.05, 4.69) is 10.3 Å². The molecule has 1 aromatic heterocycles. The maximum atomic E-state index is 13.0. The Balaban J connectivity index is 1.44. The number of carbonyl (C=O) groups excluding carboxylic acids is 1. The fourth-order valence-electron chi connectivity index (χ4n) is 3.93. The lowest BCUT2D eigenvalue weighted by Gasteiger charge is -2.10. The highest BCUT2D eigenvalue weighted by molar-refractivity contribution is 5.91. The van der Waals surface area contributed by atoms with E-state index in [0.29, 0.717) is 25.1 Å². The standard InChI is InChI=1S/C27H24F3N3O2/c28-27(29,30)21-12-10-20(11-13-21)26-23(22-3-1-2-4-24(22)32-26)15-16-31-17-19-7-5-18(6-8-19)9-14-25(34)33-35/h1-14,31-32,35H,15-17H2,(H,33,34)/b14-9+. The first-order valence-corrected chi connectivity index (χ1v) is 11.0. The summed E-state index contributed by atoms with van der Waals surface area (Å²) in [5.41, 5.74) is 6.30. The summed E-state index contributed by atoms with van der Waals surface area (Å²) >= 11 is 0. The van der Waals surface area contributed by atoms with Gasteiger partial charge >= 0.3 is 6.18 Å². The topological polar surface area (TPSA) is 77.2 Å². The van der Waals surface area contributed by atoms with Crippen LogP contribution in [0.3, 0.4) is 0 Å². The molecule has 4 aromatic rings. The molecule has 0 aliphatic carbocycles. The first-order chi connectivity index (χ1) is 16.8. The third kappa shape index (κ3) is 5.98. The average Bonchev–Trinajstić information content (AvgIpc) is 3.24. The number of para-hydroxylation sites is 1. The SMILES string of the molecule is O=C(/C=C/c1ccc(CNCCc2c(-c3ccc(C(F)(F)F)cc3)[nH]c3ccccc23)cc1)NO. The van der Waals surface area contributed by atoms with Gasteiger partial charge in [-0.15, -0.1) is 0 Å². The van der Waals surface area contributed by atoms with Crippen LogP contribution >= 0.6 is 0 Å². The van der Waals surface area contributed by atoms with E-state index in [1.165, 1.54) is 18.2 Å². The Morgan fingerprint density at radius 3 is 2.37 bits per heavy atom. The van der Waals surface area contributed by atoms with E-state index < -0.39 is 17.6 Å². The van der Waals surface area contributed by atoms with Crippen molar-refractivity contribution in [1.82, 2.24) is 15.8 Å². The second kappa shape index (κ2) is 10.6. The molecule has 35 heavy (non-hydrogen) atoms. The number of nitrogens with one attached hydrogen (secondary N) is 3. The number of aromatic amines is 1. The molecular weight excluding hydrogens is 455 g/mol. The Kier molecular flexibility index (Phi) is 7.33. The van der Waals surface area contributed by atoms with Crippen LogP contribution in [0.1, 0.15) is 22.3 Å². The number of amides is 1. The molecule has 0 unspecified atom stereocenters. The molecule has 0 saturated heterocycles. The van der Waals surface area contributed by atoms with Crippen molar-refractivity contribution in [3.63, 3.8) is 0 Å². The van der Waals surface area contributed by atoms with Crippen LogP contribution in [0.5, 0.6) is 0 Å². The Labute approximate surface area is 200 Å². The maximum absolute atomic E-state index is 13.0. The Morgan fingerprint density at radius 2 is 1.69 bits per heavy atom. The number of aromatic nitrogens is 1. The fraction of sp³-hybridized carbons (Fsp3) is 0.148. The first-order valence-electron chi connectivity index (χ1n) is 11.0. The number of rotatable bonds is 8. The van der Waals surface area contributed by atoms with Crippen molar-refractivity contribution in [1.29, 1.82) is 0 Å². The monoisotopic (exact) mass is 479 g/mol. The van der Waals surface area contributed by atoms with Crippen molar-refractivity contribution in [3.8, 4) is 11.3 Å². The molecule has 0 spiro atoms. The highest BCUT2D eigenvalue weighted by Crippen LogP contribution is 2.34. The summed E-state index contributed by atoms with van der Waals surface area (Å²) in [5, 5.41) is 13.0. The van der Waals surface area contributed by atoms with E-state index >= 15 is 0 Å². The van der Waals surface area contributed by atoms with Gasteiger partial charge in [-0.1, -0.05) is 54.6 Å². The zero-order valence-electron chi connectivity index (χ0n) is 18.7. The minimum atomic E-state index is -4.37. The van der Waals surface area contributed by atoms with Crippen molar-refractivity contribution in [3.05, 3.63) is 101 Å². The fourth-order valence-corrected chi connectivity index (χ4v) is 3.93. The Bertz CT molecular complexity index is 1320. The van der Waals surface area contributed by atoms with Gasteiger partial charge < -0.3 is 10.3 Å². The second-order valence-electron chi connectivity index (χ2n) is 8.08. The smallest absolute Gasteiger partial charge is 0.354 e. The van der Waals surface area contributed by atoms with Crippen LogP contribution < -0.4 is 10.8 Å². The highest BCUT2D eigenvalue weighted by atomic mass is 19.4. The van der Waals surface area contributed by atoms with Gasteiger partial charge in [0, 0.05) is 29.2 Å². The van der Waals surface area contributed by atoms with Gasteiger partial charge in [0.1, 0.15) is 0 Å². The molecule has 3 aromatic carbocycles. The van der Waals surface area contributed by atoms with Gasteiger partial charge in [-0.2, -0.15) is 13.2 Å². The van der Waals surface area contributed by atoms with Crippen molar-refractivity contribution >= 4 is 22.9 Å². The number of carbonyl (C=O) groups is 1. The molecule has 0 bridgehead atoms. The summed E-state index contributed by atoms with van der Waals surface area (Å²) < 4.78 is 38.9. The summed E-state index contributed by atoms with van der Waals surface area (Å²) in [6, 6.07) is 20.7. The van der Waals surface area contributed by atoms with Crippen LogP contribution in [0.2, 0.25) is 0 Å². The van der Waals surface area contributed by atoms with Crippen LogP contribution in [0.15, 0.2) is 78.9 Å². The van der Waals surface area contributed by atoms with Crippen molar-refractivity contribution in [2.45, 2.75) is 19.1 Å². The van der Waals surface area contributed by atoms with Crippen molar-refractivity contribution in [2.24, 2.45) is 0 Å². The summed E-state index contributed by atoms with van der Waals surface area (Å²) in [6.07, 6.45) is -0.836. The molecule has 1 amide bonds. The maximum Gasteiger partial charge on any atom is 0.416 e. The number of hydrogen-bond acceptors (Lipinski definition) is 3. The lowest BCUT2D eigenvalue weighted by Crippen LogP contribution is -2.16. The van der Waals surface area contributed by atoms with Gasteiger partial charge in [-0.05, 0) is 59.5 Å². The van der Waals surface area contributed by atoms with E-state index in [1.807, 2.05) is 48.5 Å². The number of hydrogen-bond donors (Lipinski definition) is 4. The third-order valence-corrected chi connectivity index (χ3v) is 5.71. The van der Waals surface area contributed by atoms with E-state index in [-0.39, 0.29) is 0 Å². The van der Waals surface area contributed by atoms with Gasteiger partial charge in [0.25, 0.3) is 5.91 Å². The van der Waals surface area contributed by atoms with Gasteiger partial charge in [-0.3, -0.25) is 10.0 Å². The summed E-state index contributed by atoms with van der Waals surface area (Å²) in [6.45, 7) is 1.31. The molecule has 5 nitrogen and oxygen atoms in total. The van der Waals surface area contributed by atoms with Crippen molar-refractivity contribution in [2.75, 3.05) is 6.54 Å². The summed E-state index contributed by atoms with van der Waals surface area (Å²) in [4.78, 5) is 14.4. The molecule has 8 heteroatoms. The summed E-state index contributed by atoms with van der Waals surface area (Å²) in [5.74, 6) is -0.594. The molecule has 0 atom stereocenters. The lowest BCUT2D eigenvalue weighted by molar-refractivity contribution is -0.137. The predicted octanol–water partition coefficient (Wildman–Crippen LogP) is 5.70. The summed E-state index contributed by atoms with van der Waals surface area (Å²) in [7, 11) is 0. The number of benzene rings is 3. The molecule has 4 rings (SSSR count). The van der Waals surface area contributed by atoms with Crippen LogP contribution in [0, 0.1) is 0 Å². The molecule has 0 saturated carbocycles. The van der Waals surface area contributed by atoms with E-state index in [4.69, 9.17) is 5.21 Å². The van der Waals surface area contributed by atoms with E-state index in [1.54, 1.807) is 11.6 Å². The molecule has 0 aliphatic heterocycles. The van der Waals surface area contributed by atoms with E-state index in [0.717, 1.165) is 45.4 Å². The van der Waals surface area contributed by atoms with Crippen LogP contribution in [0.25, 0.3) is 28.2 Å².